The van der Waals surface area contributed by atoms with Crippen molar-refractivity contribution in [1.29, 1.82) is 0 Å². The van der Waals surface area contributed by atoms with Gasteiger partial charge < -0.3 is 19.3 Å². The molecule has 0 aliphatic heterocycles. The van der Waals surface area contributed by atoms with E-state index in [1.54, 1.807) is 43.8 Å². The summed E-state index contributed by atoms with van der Waals surface area (Å²) >= 11 is 2.97. The first-order valence-corrected chi connectivity index (χ1v) is 10.0. The lowest BCUT2D eigenvalue weighted by Crippen LogP contribution is -2.22. The van der Waals surface area contributed by atoms with E-state index < -0.39 is 0 Å². The van der Waals surface area contributed by atoms with Crippen molar-refractivity contribution in [1.82, 2.24) is 10.1 Å². The van der Waals surface area contributed by atoms with Crippen LogP contribution in [0.3, 0.4) is 0 Å². The monoisotopic (exact) mass is 405 g/mol. The number of anilines is 1. The van der Waals surface area contributed by atoms with Gasteiger partial charge in [0.2, 0.25) is 17.6 Å². The Morgan fingerprint density at radius 2 is 2.11 bits per heavy atom. The first-order chi connectivity index (χ1) is 13.1. The third-order valence-corrected chi connectivity index (χ3v) is 5.68. The van der Waals surface area contributed by atoms with Crippen LogP contribution in [0, 0.1) is 0 Å². The van der Waals surface area contributed by atoms with E-state index in [1.807, 2.05) is 24.4 Å². The predicted molar refractivity (Wildman–Crippen MR) is 107 cm³/mol. The van der Waals surface area contributed by atoms with Gasteiger partial charge in [0.1, 0.15) is 0 Å². The fraction of sp³-hybridized carbons (Fsp3) is 0.278. The van der Waals surface area contributed by atoms with Crippen LogP contribution in [0.25, 0.3) is 10.7 Å². The third kappa shape index (κ3) is 4.81. The maximum atomic E-state index is 12.4. The summed E-state index contributed by atoms with van der Waals surface area (Å²) in [6, 6.07) is 9.11. The van der Waals surface area contributed by atoms with Crippen LogP contribution >= 0.6 is 23.1 Å². The van der Waals surface area contributed by atoms with Gasteiger partial charge in [-0.3, -0.25) is 4.79 Å². The molecule has 0 saturated carbocycles. The largest absolute Gasteiger partial charge is 0.493 e. The number of carbonyl (C=O) groups excluding carboxylic acids is 1. The molecule has 3 rings (SSSR count). The molecule has 2 aromatic heterocycles. The molecule has 0 aliphatic rings. The average Bonchev–Trinajstić information content (AvgIpc) is 3.37. The molecule has 7 nitrogen and oxygen atoms in total. The van der Waals surface area contributed by atoms with Crippen molar-refractivity contribution >= 4 is 34.7 Å². The summed E-state index contributed by atoms with van der Waals surface area (Å²) in [5, 5.41) is 8.50. The molecule has 142 valence electrons. The number of thioether (sulfide) groups is 1. The summed E-state index contributed by atoms with van der Waals surface area (Å²) < 4.78 is 15.7. The van der Waals surface area contributed by atoms with E-state index in [2.05, 4.69) is 15.5 Å². The normalized spacial score (nSPS) is 11.8. The third-order valence-electron chi connectivity index (χ3n) is 3.69. The fourth-order valence-corrected chi connectivity index (χ4v) is 3.62. The number of nitrogens with zero attached hydrogens (tertiary/aromatic N) is 2. The molecule has 0 saturated heterocycles. The lowest BCUT2D eigenvalue weighted by Gasteiger charge is -2.13. The van der Waals surface area contributed by atoms with Crippen molar-refractivity contribution in [2.24, 2.45) is 0 Å². The number of hydrogen-bond acceptors (Lipinski definition) is 8. The second-order valence-electron chi connectivity index (χ2n) is 5.50. The molecule has 27 heavy (non-hydrogen) atoms. The summed E-state index contributed by atoms with van der Waals surface area (Å²) in [6.45, 7) is 1.83. The number of rotatable bonds is 8. The summed E-state index contributed by atoms with van der Waals surface area (Å²) in [4.78, 5) is 17.7. The van der Waals surface area contributed by atoms with Gasteiger partial charge in [-0.15, -0.1) is 23.1 Å². The zero-order chi connectivity index (χ0) is 19.2. The lowest BCUT2D eigenvalue weighted by atomic mass is 10.2. The van der Waals surface area contributed by atoms with Crippen LogP contribution in [-0.2, 0) is 10.5 Å². The Labute approximate surface area is 165 Å². The molecule has 1 unspecified atom stereocenters. The van der Waals surface area contributed by atoms with E-state index >= 15 is 0 Å². The highest BCUT2D eigenvalue weighted by Gasteiger charge is 2.17. The van der Waals surface area contributed by atoms with E-state index in [4.69, 9.17) is 14.0 Å². The minimum Gasteiger partial charge on any atom is -0.493 e. The molecule has 1 N–H and O–H groups in total. The van der Waals surface area contributed by atoms with Gasteiger partial charge in [-0.2, -0.15) is 4.98 Å². The van der Waals surface area contributed by atoms with Crippen molar-refractivity contribution < 1.29 is 18.8 Å². The Morgan fingerprint density at radius 1 is 1.30 bits per heavy atom. The topological polar surface area (TPSA) is 86.5 Å². The Kier molecular flexibility index (Phi) is 6.36. The van der Waals surface area contributed by atoms with Crippen LogP contribution in [-0.4, -0.2) is 35.5 Å². The van der Waals surface area contributed by atoms with E-state index in [9.17, 15) is 4.79 Å². The van der Waals surface area contributed by atoms with Crippen molar-refractivity contribution in [3.05, 3.63) is 41.6 Å². The molecule has 1 aromatic carbocycles. The van der Waals surface area contributed by atoms with E-state index in [0.717, 1.165) is 4.88 Å². The van der Waals surface area contributed by atoms with Gasteiger partial charge in [0.05, 0.1) is 30.1 Å². The van der Waals surface area contributed by atoms with Crippen LogP contribution in [0.15, 0.2) is 40.2 Å². The van der Waals surface area contributed by atoms with E-state index in [-0.39, 0.29) is 11.2 Å². The smallest absolute Gasteiger partial charge is 0.237 e. The molecule has 2 heterocycles. The molecular formula is C18H19N3O4S2. The van der Waals surface area contributed by atoms with Crippen molar-refractivity contribution in [2.45, 2.75) is 17.9 Å². The number of thiophene rings is 1. The highest BCUT2D eigenvalue weighted by atomic mass is 32.2. The van der Waals surface area contributed by atoms with Crippen LogP contribution in [0.5, 0.6) is 11.5 Å². The molecule has 3 aromatic rings. The van der Waals surface area contributed by atoms with Gasteiger partial charge in [-0.05, 0) is 30.5 Å². The number of carbonyl (C=O) groups is 1. The standard InChI is InChI=1S/C18H19N3O4S2/c1-11(18(22)19-12-6-7-13(23-2)14(9-12)24-3)27-10-16-20-17(21-25-16)15-5-4-8-26-15/h4-9,11H,10H2,1-3H3,(H,19,22). The van der Waals surface area contributed by atoms with Gasteiger partial charge >= 0.3 is 0 Å². The quantitative estimate of drug-likeness (QED) is 0.604. The zero-order valence-corrected chi connectivity index (χ0v) is 16.7. The number of nitrogens with one attached hydrogen (secondary N) is 1. The molecular weight excluding hydrogens is 386 g/mol. The zero-order valence-electron chi connectivity index (χ0n) is 15.1. The summed E-state index contributed by atoms with van der Waals surface area (Å²) in [5.74, 6) is 2.57. The molecule has 0 spiro atoms. The Hall–Kier alpha value is -2.52. The van der Waals surface area contributed by atoms with Crippen molar-refractivity contribution in [3.63, 3.8) is 0 Å². The van der Waals surface area contributed by atoms with Gasteiger partial charge in [-0.1, -0.05) is 11.2 Å². The summed E-state index contributed by atoms with van der Waals surface area (Å²) in [6.07, 6.45) is 0. The SMILES string of the molecule is COc1ccc(NC(=O)C(C)SCc2nc(-c3cccs3)no2)cc1OC. The van der Waals surface area contributed by atoms with Crippen LogP contribution in [0.2, 0.25) is 0 Å². The predicted octanol–water partition coefficient (Wildman–Crippen LogP) is 4.08. The maximum absolute atomic E-state index is 12.4. The average molecular weight is 406 g/mol. The lowest BCUT2D eigenvalue weighted by molar-refractivity contribution is -0.115. The van der Waals surface area contributed by atoms with Crippen molar-refractivity contribution in [3.8, 4) is 22.2 Å². The van der Waals surface area contributed by atoms with Crippen LogP contribution in [0.1, 0.15) is 12.8 Å². The number of benzene rings is 1. The molecule has 1 amide bonds. The minimum absolute atomic E-state index is 0.120. The number of methoxy groups -OCH3 is 2. The number of amides is 1. The molecule has 0 radical (unpaired) electrons. The highest BCUT2D eigenvalue weighted by Crippen LogP contribution is 2.30. The Morgan fingerprint density at radius 3 is 2.81 bits per heavy atom. The summed E-state index contributed by atoms with van der Waals surface area (Å²) in [7, 11) is 3.12. The number of ether oxygens (including phenoxy) is 2. The van der Waals surface area contributed by atoms with Gasteiger partial charge in [0, 0.05) is 11.8 Å². The second-order valence-corrected chi connectivity index (χ2v) is 7.78. The van der Waals surface area contributed by atoms with Crippen LogP contribution in [0.4, 0.5) is 5.69 Å². The van der Waals surface area contributed by atoms with E-state index in [1.165, 1.54) is 11.8 Å². The maximum Gasteiger partial charge on any atom is 0.237 e. The Balaban J connectivity index is 1.55. The second kappa shape index (κ2) is 8.92. The van der Waals surface area contributed by atoms with Gasteiger partial charge in [0.15, 0.2) is 11.5 Å². The van der Waals surface area contributed by atoms with Crippen LogP contribution < -0.4 is 14.8 Å². The van der Waals surface area contributed by atoms with Gasteiger partial charge in [-0.25, -0.2) is 0 Å². The molecule has 1 atom stereocenters. The van der Waals surface area contributed by atoms with E-state index in [0.29, 0.717) is 34.7 Å². The Bertz CT molecular complexity index is 896. The summed E-state index contributed by atoms with van der Waals surface area (Å²) in [5.41, 5.74) is 0.642. The van der Waals surface area contributed by atoms with Crippen molar-refractivity contribution in [2.75, 3.05) is 19.5 Å². The molecule has 0 aliphatic carbocycles. The van der Waals surface area contributed by atoms with Gasteiger partial charge in [0.25, 0.3) is 0 Å². The minimum atomic E-state index is -0.296. The molecule has 0 fully saturated rings. The highest BCUT2D eigenvalue weighted by molar-refractivity contribution is 7.99. The first kappa shape index (κ1) is 19.2. The fourth-order valence-electron chi connectivity index (χ4n) is 2.25. The number of hydrogen-bond donors (Lipinski definition) is 1. The molecule has 0 bridgehead atoms. The first-order valence-electron chi connectivity index (χ1n) is 8.11. The number of aromatic nitrogens is 2. The molecule has 9 heteroatoms.